The van der Waals surface area contributed by atoms with E-state index in [1.807, 2.05) is 0 Å². The minimum Gasteiger partial charge on any atom is -0.505 e. The number of benzene rings is 4. The van der Waals surface area contributed by atoms with Crippen LogP contribution in [0.5, 0.6) is 5.75 Å². The number of phenolic OH excluding ortho intramolecular Hbond substituents is 1. The molecule has 5 unspecified atom stereocenters. The van der Waals surface area contributed by atoms with Gasteiger partial charge < -0.3 is 92.1 Å². The standard InChI is InChI=1S/C77H96Cl2FN15O19S/c1-8-53(87-70(104)62(36-50-39-81-41-84-50)91(4)72(106)55(85-43(3)98)32-46-21-26-64(99)52(80)31-46)67(101)90-66(42(2)97)71(105)89-56(35-47-38-83-54-14-10-9-13-51(47)54)73(107)93(6)63(34-45-19-24-49(79)25-20-45)76(110)92(5)61(33-44-17-22-48(78)23-18-44)69(103)88-57(74(108)95-29-12-16-60(95)77(111)112)37-65(100)86-58(40-96)75(109)94-28-11-15-59(94)68(102)82-27-30-115(7,113)114/h9-10,13-14,17-26,31,38-39,41-42,53,55-63,66,83,96-97,99H,8,11-12,15-16,27-30,32-37,40H2,1-7H3,(H,81,84)(H,82,102)(H,85,98)(H,86,100)(H,87,104)(H,88,103)(H,89,105)(H,90,101)(H,111,112)/t42-,53+,55?,56-,57?,58?,59+,60+,61+,62?,63?,66+/m1/s1. The summed E-state index contributed by atoms with van der Waals surface area (Å²) in [4.78, 5) is 203. The lowest BCUT2D eigenvalue weighted by Crippen LogP contribution is -2.63. The molecule has 115 heavy (non-hydrogen) atoms. The lowest BCUT2D eigenvalue weighted by atomic mass is 9.98. The second-order valence-electron chi connectivity index (χ2n) is 28.6. The van der Waals surface area contributed by atoms with Crippen LogP contribution in [0.2, 0.25) is 10.0 Å². The van der Waals surface area contributed by atoms with Gasteiger partial charge in [0.15, 0.2) is 11.6 Å². The van der Waals surface area contributed by atoms with Crippen molar-refractivity contribution in [3.63, 3.8) is 0 Å². The number of carboxylic acids is 1. The summed E-state index contributed by atoms with van der Waals surface area (Å²) in [6, 6.07) is 5.14. The summed E-state index contributed by atoms with van der Waals surface area (Å²) in [5, 5.41) is 61.1. The number of aliphatic carboxylic acids is 1. The number of likely N-dealkylation sites (N-methyl/N-ethyl adjacent to an activating group) is 3. The number of imidazole rings is 1. The number of nitrogens with one attached hydrogen (secondary N) is 9. The number of hydrogen-bond acceptors (Lipinski definition) is 19. The van der Waals surface area contributed by atoms with Crippen molar-refractivity contribution in [2.24, 2.45) is 0 Å². The normalized spacial score (nSPS) is 16.7. The van der Waals surface area contributed by atoms with Gasteiger partial charge in [-0.1, -0.05) is 78.7 Å². The number of nitrogens with zero attached hydrogens (tertiary/aromatic N) is 6. The summed E-state index contributed by atoms with van der Waals surface area (Å²) in [5.41, 5.74) is 2.42. The lowest BCUT2D eigenvalue weighted by molar-refractivity contribution is -0.151. The lowest BCUT2D eigenvalue weighted by Gasteiger charge is -2.37. The van der Waals surface area contributed by atoms with E-state index in [-0.39, 0.29) is 93.0 Å². The third kappa shape index (κ3) is 24.2. The molecule has 2 fully saturated rings. The molecule has 0 radical (unpaired) electrons. The molecule has 12 amide bonds. The number of carboxylic acid groups (broad SMARTS) is 1. The van der Waals surface area contributed by atoms with Crippen molar-refractivity contribution in [1.82, 2.24) is 76.7 Å². The number of rotatable bonds is 38. The Morgan fingerprint density at radius 2 is 1.17 bits per heavy atom. The third-order valence-electron chi connectivity index (χ3n) is 20.2. The van der Waals surface area contributed by atoms with E-state index in [1.165, 1.54) is 77.8 Å². The second-order valence-corrected chi connectivity index (χ2v) is 31.7. The van der Waals surface area contributed by atoms with Gasteiger partial charge in [-0.25, -0.2) is 22.6 Å². The van der Waals surface area contributed by atoms with Crippen LogP contribution in [0.1, 0.15) is 87.2 Å². The number of carbonyl (C=O) groups excluding carboxylic acids is 12. The predicted molar refractivity (Wildman–Crippen MR) is 417 cm³/mol. The van der Waals surface area contributed by atoms with Crippen LogP contribution < -0.4 is 37.2 Å². The zero-order valence-corrected chi connectivity index (χ0v) is 66.6. The zero-order chi connectivity index (χ0) is 84.3. The van der Waals surface area contributed by atoms with Crippen LogP contribution in [-0.2, 0) is 104 Å². The third-order valence-corrected chi connectivity index (χ3v) is 21.6. The summed E-state index contributed by atoms with van der Waals surface area (Å²) in [6.45, 7) is 2.40. The summed E-state index contributed by atoms with van der Waals surface area (Å²) >= 11 is 12.7. The first kappa shape index (κ1) is 89.5. The van der Waals surface area contributed by atoms with Gasteiger partial charge >= 0.3 is 5.97 Å². The number of amides is 12. The molecule has 620 valence electrons. The number of hydrogen-bond donors (Lipinski definition) is 13. The summed E-state index contributed by atoms with van der Waals surface area (Å²) in [5.74, 6) is -14.8. The highest BCUT2D eigenvalue weighted by Gasteiger charge is 2.45. The second kappa shape index (κ2) is 40.8. The van der Waals surface area contributed by atoms with E-state index >= 15 is 19.2 Å². The molecule has 0 saturated carbocycles. The average Bonchev–Trinajstić information content (AvgIpc) is 1.44. The number of phenols is 1. The fourth-order valence-electron chi connectivity index (χ4n) is 13.9. The molecule has 38 heteroatoms. The number of carbonyl (C=O) groups is 13. The molecule has 8 rings (SSSR count). The molecule has 34 nitrogen and oxygen atoms in total. The maximum Gasteiger partial charge on any atom is 0.326 e. The van der Waals surface area contributed by atoms with Crippen molar-refractivity contribution >= 4 is 121 Å². The van der Waals surface area contributed by atoms with Crippen molar-refractivity contribution < 1.29 is 95.6 Å². The monoisotopic (exact) mass is 1660 g/mol. The molecular formula is C77H96Cl2FN15O19S. The molecule has 0 spiro atoms. The number of halogens is 3. The van der Waals surface area contributed by atoms with Gasteiger partial charge in [-0.05, 0) is 104 Å². The Bertz CT molecular complexity index is 4640. The van der Waals surface area contributed by atoms with E-state index in [1.54, 1.807) is 54.7 Å². The SMILES string of the molecule is CC[C@H](NC(=O)C(Cc1cnc[nH]1)N(C)C(=O)C(Cc1ccc(O)c(F)c1)NC(C)=O)C(=O)N[C@H](C(=O)N[C@H](Cc1c[nH]c2ccccc12)C(=O)N(C)C(Cc1ccc(Cl)cc1)C(=O)N(C)[C@@H](Cc1ccc(Cl)cc1)C(=O)NC(CC(=O)NC(CO)C(=O)N1CCC[C@H]1C(=O)NCCS(C)(=O)=O)C(=O)N1CCC[C@H]1C(=O)O)[C@@H](C)O. The molecule has 4 heterocycles. The van der Waals surface area contributed by atoms with Crippen LogP contribution in [0.3, 0.4) is 0 Å². The molecule has 13 N–H and O–H groups in total. The predicted octanol–water partition coefficient (Wildman–Crippen LogP) is 0.366. The Labute approximate surface area is 672 Å². The summed E-state index contributed by atoms with van der Waals surface area (Å²) in [7, 11) is 0.277. The Hall–Kier alpha value is -11.1. The number of likely N-dealkylation sites (tertiary alicyclic amines) is 2. The molecular weight excluding hydrogens is 1560 g/mol. The number of aliphatic hydroxyl groups is 2. The van der Waals surface area contributed by atoms with E-state index in [0.717, 1.165) is 49.8 Å². The fraction of sp³-hybridized carbons (Fsp3) is 0.455. The first-order valence-corrected chi connectivity index (χ1v) is 39.9. The number of fused-ring (bicyclic) bond motifs is 1. The summed E-state index contributed by atoms with van der Waals surface area (Å²) in [6.07, 6.45) is 1.49. The maximum atomic E-state index is 16.0. The van der Waals surface area contributed by atoms with Crippen LogP contribution in [-0.4, -0.2) is 277 Å². The molecule has 0 aliphatic carbocycles. The first-order valence-electron chi connectivity index (χ1n) is 37.1. The smallest absolute Gasteiger partial charge is 0.326 e. The minimum atomic E-state index is -3.48. The van der Waals surface area contributed by atoms with E-state index in [4.69, 9.17) is 23.2 Å². The van der Waals surface area contributed by atoms with Crippen LogP contribution in [0.25, 0.3) is 10.9 Å². The van der Waals surface area contributed by atoms with Crippen molar-refractivity contribution in [1.29, 1.82) is 0 Å². The fourth-order valence-corrected chi connectivity index (χ4v) is 14.6. The van der Waals surface area contributed by atoms with Gasteiger partial charge in [0.05, 0.1) is 31.2 Å². The number of aromatic amines is 2. The highest BCUT2D eigenvalue weighted by atomic mass is 35.5. The van der Waals surface area contributed by atoms with Crippen molar-refractivity contribution in [2.45, 2.75) is 164 Å². The number of aromatic hydroxyl groups is 1. The van der Waals surface area contributed by atoms with E-state index < -0.39 is 190 Å². The van der Waals surface area contributed by atoms with Crippen LogP contribution >= 0.6 is 23.2 Å². The molecule has 0 bridgehead atoms. The van der Waals surface area contributed by atoms with Gasteiger partial charge in [0.1, 0.15) is 76.3 Å². The minimum absolute atomic E-state index is 0.00188. The van der Waals surface area contributed by atoms with E-state index in [2.05, 4.69) is 52.2 Å². The molecule has 4 aromatic carbocycles. The molecule has 6 aromatic rings. The molecule has 2 aromatic heterocycles. The number of aromatic nitrogens is 3. The van der Waals surface area contributed by atoms with Gasteiger partial charge in [-0.15, -0.1) is 0 Å². The van der Waals surface area contributed by atoms with Gasteiger partial charge in [0.25, 0.3) is 0 Å². The van der Waals surface area contributed by atoms with Crippen molar-refractivity contribution in [3.8, 4) is 5.75 Å². The molecule has 2 saturated heterocycles. The Kier molecular flexibility index (Phi) is 31.7. The van der Waals surface area contributed by atoms with Crippen LogP contribution in [0.4, 0.5) is 4.39 Å². The van der Waals surface area contributed by atoms with Crippen molar-refractivity contribution in [3.05, 3.63) is 154 Å². The highest BCUT2D eigenvalue weighted by Crippen LogP contribution is 2.27. The average molecular weight is 1660 g/mol. The van der Waals surface area contributed by atoms with Gasteiger partial charge in [0.2, 0.25) is 70.9 Å². The van der Waals surface area contributed by atoms with Crippen LogP contribution in [0.15, 0.2) is 110 Å². The molecule has 12 atom stereocenters. The van der Waals surface area contributed by atoms with E-state index in [0.29, 0.717) is 39.7 Å². The summed E-state index contributed by atoms with van der Waals surface area (Å²) < 4.78 is 38.1. The Morgan fingerprint density at radius 1 is 0.635 bits per heavy atom. The highest BCUT2D eigenvalue weighted by molar-refractivity contribution is 7.90. The number of H-pyrrole nitrogens is 2. The van der Waals surface area contributed by atoms with Gasteiger partial charge in [0, 0.05) is 125 Å². The topological polar surface area (TPSA) is 482 Å². The van der Waals surface area contributed by atoms with Crippen LogP contribution in [0, 0.1) is 5.82 Å². The molecule has 2 aliphatic heterocycles. The van der Waals surface area contributed by atoms with E-state index in [9.17, 15) is 76.4 Å². The maximum absolute atomic E-state index is 16.0. The Morgan fingerprint density at radius 3 is 1.74 bits per heavy atom. The molecule has 2 aliphatic rings. The first-order chi connectivity index (χ1) is 54.5. The zero-order valence-electron chi connectivity index (χ0n) is 64.3. The largest absolute Gasteiger partial charge is 0.505 e. The number of sulfone groups is 1. The number of para-hydroxylation sites is 1. The quantitative estimate of drug-likeness (QED) is 0.0249. The van der Waals surface area contributed by atoms with Gasteiger partial charge in [-0.3, -0.25) is 57.5 Å². The van der Waals surface area contributed by atoms with Gasteiger partial charge in [-0.2, -0.15) is 0 Å². The van der Waals surface area contributed by atoms with Crippen molar-refractivity contribution in [2.75, 3.05) is 59.4 Å². The number of aliphatic hydroxyl groups excluding tert-OH is 2. The Balaban J connectivity index is 1.09.